The third-order valence-corrected chi connectivity index (χ3v) is 2.80. The molecule has 1 aliphatic heterocycles. The molecule has 0 aromatic carbocycles. The van der Waals surface area contributed by atoms with Crippen LogP contribution in [0.2, 0.25) is 0 Å². The van der Waals surface area contributed by atoms with E-state index in [-0.39, 0.29) is 12.1 Å². The maximum atomic E-state index is 12.2. The van der Waals surface area contributed by atoms with Crippen molar-refractivity contribution in [1.29, 1.82) is 0 Å². The van der Waals surface area contributed by atoms with E-state index in [4.69, 9.17) is 9.15 Å². The zero-order chi connectivity index (χ0) is 13.2. The van der Waals surface area contributed by atoms with Crippen molar-refractivity contribution in [2.24, 2.45) is 0 Å². The van der Waals surface area contributed by atoms with Gasteiger partial charge in [-0.1, -0.05) is 0 Å². The van der Waals surface area contributed by atoms with Crippen molar-refractivity contribution in [1.82, 2.24) is 10.2 Å². The van der Waals surface area contributed by atoms with Gasteiger partial charge in [0.05, 0.1) is 18.6 Å². The Morgan fingerprint density at radius 3 is 2.94 bits per heavy atom. The molecule has 0 spiro atoms. The molecular weight excluding hydrogens is 232 g/mol. The normalized spacial score (nSPS) is 20.8. The number of rotatable bonds is 1. The Bertz CT molecular complexity index is 395. The number of piperazine rings is 1. The van der Waals surface area contributed by atoms with Crippen LogP contribution in [-0.4, -0.2) is 36.2 Å². The first-order chi connectivity index (χ1) is 8.47. The molecule has 100 valence electrons. The third kappa shape index (κ3) is 3.04. The lowest BCUT2D eigenvalue weighted by molar-refractivity contribution is 0.0117. The summed E-state index contributed by atoms with van der Waals surface area (Å²) in [4.78, 5) is 13.9. The summed E-state index contributed by atoms with van der Waals surface area (Å²) in [5.74, 6) is 0. The zero-order valence-electron chi connectivity index (χ0n) is 11.1. The summed E-state index contributed by atoms with van der Waals surface area (Å²) in [7, 11) is 0. The highest BCUT2D eigenvalue weighted by molar-refractivity contribution is 5.69. The first-order valence-corrected chi connectivity index (χ1v) is 6.20. The molecule has 1 aliphatic rings. The average molecular weight is 252 g/mol. The second-order valence-corrected chi connectivity index (χ2v) is 5.45. The van der Waals surface area contributed by atoms with Crippen LogP contribution in [0.25, 0.3) is 0 Å². The van der Waals surface area contributed by atoms with Gasteiger partial charge in [-0.3, -0.25) is 4.90 Å². The first kappa shape index (κ1) is 13.0. The van der Waals surface area contributed by atoms with Crippen molar-refractivity contribution in [3.63, 3.8) is 0 Å². The van der Waals surface area contributed by atoms with E-state index in [1.807, 2.05) is 26.8 Å². The molecule has 1 aromatic heterocycles. The maximum Gasteiger partial charge on any atom is 0.410 e. The topological polar surface area (TPSA) is 54.7 Å². The van der Waals surface area contributed by atoms with E-state index >= 15 is 0 Å². The second-order valence-electron chi connectivity index (χ2n) is 5.45. The number of carbonyl (C=O) groups excluding carboxylic acids is 1. The van der Waals surface area contributed by atoms with Crippen LogP contribution in [0.1, 0.15) is 32.4 Å². The number of nitrogens with one attached hydrogen (secondary N) is 1. The Hall–Kier alpha value is -1.49. The van der Waals surface area contributed by atoms with Gasteiger partial charge in [0.15, 0.2) is 0 Å². The summed E-state index contributed by atoms with van der Waals surface area (Å²) in [6.07, 6.45) is 3.03. The molecule has 2 rings (SSSR count). The van der Waals surface area contributed by atoms with Crippen LogP contribution in [0.15, 0.2) is 23.0 Å². The molecular formula is C13H20N2O3. The minimum Gasteiger partial charge on any atom is -0.472 e. The molecule has 0 bridgehead atoms. The van der Waals surface area contributed by atoms with Crippen molar-refractivity contribution in [2.75, 3.05) is 19.6 Å². The quantitative estimate of drug-likeness (QED) is 0.832. The van der Waals surface area contributed by atoms with E-state index in [9.17, 15) is 4.79 Å². The SMILES string of the molecule is CC(C)(C)OC(=O)N1CCNCC1c1ccoc1. The van der Waals surface area contributed by atoms with Crippen molar-refractivity contribution in [3.8, 4) is 0 Å². The van der Waals surface area contributed by atoms with Gasteiger partial charge < -0.3 is 14.5 Å². The van der Waals surface area contributed by atoms with Gasteiger partial charge in [0.1, 0.15) is 5.60 Å². The molecule has 5 nitrogen and oxygen atoms in total. The van der Waals surface area contributed by atoms with Gasteiger partial charge in [-0.2, -0.15) is 0 Å². The lowest BCUT2D eigenvalue weighted by Gasteiger charge is -2.36. The molecule has 1 N–H and O–H groups in total. The van der Waals surface area contributed by atoms with E-state index in [1.54, 1.807) is 17.4 Å². The van der Waals surface area contributed by atoms with Gasteiger partial charge >= 0.3 is 6.09 Å². The summed E-state index contributed by atoms with van der Waals surface area (Å²) < 4.78 is 10.5. The van der Waals surface area contributed by atoms with Crippen LogP contribution >= 0.6 is 0 Å². The van der Waals surface area contributed by atoms with Crippen LogP contribution in [0.4, 0.5) is 4.79 Å². The first-order valence-electron chi connectivity index (χ1n) is 6.20. The fraction of sp³-hybridized carbons (Fsp3) is 0.615. The van der Waals surface area contributed by atoms with Gasteiger partial charge in [0.25, 0.3) is 0 Å². The fourth-order valence-corrected chi connectivity index (χ4v) is 2.01. The summed E-state index contributed by atoms with van der Waals surface area (Å²) in [5, 5.41) is 3.28. The zero-order valence-corrected chi connectivity index (χ0v) is 11.1. The summed E-state index contributed by atoms with van der Waals surface area (Å²) in [6.45, 7) is 7.77. The number of amides is 1. The van der Waals surface area contributed by atoms with Crippen LogP contribution in [0.3, 0.4) is 0 Å². The molecule has 0 saturated carbocycles. The van der Waals surface area contributed by atoms with Crippen molar-refractivity contribution in [2.45, 2.75) is 32.4 Å². The molecule has 1 unspecified atom stereocenters. The largest absolute Gasteiger partial charge is 0.472 e. The summed E-state index contributed by atoms with van der Waals surface area (Å²) in [5.41, 5.74) is 0.524. The highest BCUT2D eigenvalue weighted by atomic mass is 16.6. The minimum absolute atomic E-state index is 0.0210. The van der Waals surface area contributed by atoms with Gasteiger partial charge in [-0.25, -0.2) is 4.79 Å². The maximum absolute atomic E-state index is 12.2. The Kier molecular flexibility index (Phi) is 3.61. The molecule has 18 heavy (non-hydrogen) atoms. The van der Waals surface area contributed by atoms with Crippen molar-refractivity contribution >= 4 is 6.09 Å². The Labute approximate surface area is 107 Å². The summed E-state index contributed by atoms with van der Waals surface area (Å²) >= 11 is 0. The molecule has 2 heterocycles. The Morgan fingerprint density at radius 1 is 1.56 bits per heavy atom. The monoisotopic (exact) mass is 252 g/mol. The van der Waals surface area contributed by atoms with Gasteiger partial charge in [0, 0.05) is 25.2 Å². The molecule has 5 heteroatoms. The van der Waals surface area contributed by atoms with E-state index in [1.165, 1.54) is 0 Å². The van der Waals surface area contributed by atoms with E-state index in [0.29, 0.717) is 6.54 Å². The lowest BCUT2D eigenvalue weighted by Crippen LogP contribution is -2.50. The highest BCUT2D eigenvalue weighted by Crippen LogP contribution is 2.24. The summed E-state index contributed by atoms with van der Waals surface area (Å²) in [6, 6.07) is 1.86. The van der Waals surface area contributed by atoms with Crippen molar-refractivity contribution < 1.29 is 13.9 Å². The number of nitrogens with zero attached hydrogens (tertiary/aromatic N) is 1. The van der Waals surface area contributed by atoms with E-state index in [2.05, 4.69) is 5.32 Å². The van der Waals surface area contributed by atoms with E-state index < -0.39 is 5.60 Å². The third-order valence-electron chi connectivity index (χ3n) is 2.80. The smallest absolute Gasteiger partial charge is 0.410 e. The standard InChI is InChI=1S/C13H20N2O3/c1-13(2,3)18-12(16)15-6-5-14-8-11(15)10-4-7-17-9-10/h4,7,9,11,14H,5-6,8H2,1-3H3. The fourth-order valence-electron chi connectivity index (χ4n) is 2.01. The molecule has 1 saturated heterocycles. The van der Waals surface area contributed by atoms with Crippen LogP contribution in [-0.2, 0) is 4.74 Å². The van der Waals surface area contributed by atoms with Crippen LogP contribution in [0, 0.1) is 0 Å². The number of carbonyl (C=O) groups is 1. The number of ether oxygens (including phenoxy) is 1. The highest BCUT2D eigenvalue weighted by Gasteiger charge is 2.31. The molecule has 0 aliphatic carbocycles. The molecule has 1 fully saturated rings. The molecule has 1 amide bonds. The van der Waals surface area contributed by atoms with Crippen molar-refractivity contribution in [3.05, 3.63) is 24.2 Å². The Balaban J connectivity index is 2.11. The lowest BCUT2D eigenvalue weighted by atomic mass is 10.1. The number of furan rings is 1. The molecule has 0 radical (unpaired) electrons. The molecule has 1 aromatic rings. The second kappa shape index (κ2) is 5.02. The number of hydrogen-bond donors (Lipinski definition) is 1. The van der Waals surface area contributed by atoms with Gasteiger partial charge in [-0.15, -0.1) is 0 Å². The minimum atomic E-state index is -0.469. The molecule has 1 atom stereocenters. The average Bonchev–Trinajstić information content (AvgIpc) is 2.80. The van der Waals surface area contributed by atoms with Crippen LogP contribution < -0.4 is 5.32 Å². The van der Waals surface area contributed by atoms with Gasteiger partial charge in [0.2, 0.25) is 0 Å². The Morgan fingerprint density at radius 2 is 2.33 bits per heavy atom. The predicted octanol–water partition coefficient (Wildman–Crippen LogP) is 2.16. The van der Waals surface area contributed by atoms with E-state index in [0.717, 1.165) is 18.7 Å². The van der Waals surface area contributed by atoms with Crippen LogP contribution in [0.5, 0.6) is 0 Å². The van der Waals surface area contributed by atoms with Gasteiger partial charge in [-0.05, 0) is 26.8 Å². The number of hydrogen-bond acceptors (Lipinski definition) is 4. The predicted molar refractivity (Wildman–Crippen MR) is 67.3 cm³/mol.